The molecule has 3 aromatic rings. The first kappa shape index (κ1) is 21.5. The number of hydrogen-bond donors (Lipinski definition) is 0. The second-order valence-electron chi connectivity index (χ2n) is 7.78. The number of ether oxygens (including phenoxy) is 1. The van der Waals surface area contributed by atoms with E-state index in [-0.39, 0.29) is 12.5 Å². The van der Waals surface area contributed by atoms with Crippen LogP contribution in [0.15, 0.2) is 59.1 Å². The largest absolute Gasteiger partial charge is 0.416 e. The third-order valence-corrected chi connectivity index (χ3v) is 5.28. The maximum Gasteiger partial charge on any atom is 0.416 e. The highest BCUT2D eigenvalue weighted by atomic mass is 19.4. The molecule has 4 rings (SSSR count). The Bertz CT molecular complexity index is 975. The number of rotatable bonds is 7. The highest BCUT2D eigenvalue weighted by molar-refractivity contribution is 5.27. The van der Waals surface area contributed by atoms with Crippen molar-refractivity contribution in [3.05, 3.63) is 83.0 Å². The number of halogens is 3. The lowest BCUT2D eigenvalue weighted by atomic mass is 10.1. The number of nitrogens with zero attached hydrogens (tertiary/aromatic N) is 3. The summed E-state index contributed by atoms with van der Waals surface area (Å²) in [6.45, 7) is 2.77. The minimum Gasteiger partial charge on any atom is -0.372 e. The van der Waals surface area contributed by atoms with Gasteiger partial charge in [0.2, 0.25) is 5.89 Å². The first-order valence-electron chi connectivity index (χ1n) is 10.3. The van der Waals surface area contributed by atoms with E-state index in [2.05, 4.69) is 15.0 Å². The van der Waals surface area contributed by atoms with Crippen molar-refractivity contribution in [2.45, 2.75) is 44.7 Å². The third kappa shape index (κ3) is 6.15. The van der Waals surface area contributed by atoms with Crippen molar-refractivity contribution in [3.8, 4) is 0 Å². The maximum absolute atomic E-state index is 12.9. The summed E-state index contributed by atoms with van der Waals surface area (Å²) in [5.74, 6) is 0.842. The molecule has 2 aromatic carbocycles. The second-order valence-corrected chi connectivity index (χ2v) is 7.78. The molecule has 1 aromatic heterocycles. The standard InChI is InChI=1S/C23H24F3N3O2/c24-23(25,26)19-9-4-8-18(12-19)13-21-27-22(31-28-21)15-29-11-5-10-20(14-29)30-16-17-6-2-1-3-7-17/h1-4,6-9,12,20H,5,10-11,13-16H2/t20-/m1/s1. The fraction of sp³-hybridized carbons (Fsp3) is 0.391. The first-order valence-corrected chi connectivity index (χ1v) is 10.3. The molecule has 2 heterocycles. The van der Waals surface area contributed by atoms with Gasteiger partial charge in [-0.3, -0.25) is 4.90 Å². The van der Waals surface area contributed by atoms with E-state index < -0.39 is 11.7 Å². The van der Waals surface area contributed by atoms with Crippen molar-refractivity contribution in [2.75, 3.05) is 13.1 Å². The van der Waals surface area contributed by atoms with Gasteiger partial charge in [0.15, 0.2) is 5.82 Å². The Kier molecular flexibility index (Phi) is 6.67. The predicted octanol–water partition coefficient (Wildman–Crippen LogP) is 4.86. The van der Waals surface area contributed by atoms with Crippen LogP contribution in [0.4, 0.5) is 13.2 Å². The van der Waals surface area contributed by atoms with Crippen LogP contribution in [-0.2, 0) is 30.5 Å². The zero-order chi connectivity index (χ0) is 21.7. The number of benzene rings is 2. The summed E-state index contributed by atoms with van der Waals surface area (Å²) in [6.07, 6.45) is -2.01. The van der Waals surface area contributed by atoms with E-state index in [0.29, 0.717) is 30.4 Å². The molecule has 1 fully saturated rings. The van der Waals surface area contributed by atoms with Crippen molar-refractivity contribution in [3.63, 3.8) is 0 Å². The van der Waals surface area contributed by atoms with Gasteiger partial charge in [-0.05, 0) is 36.6 Å². The molecule has 1 aliphatic heterocycles. The van der Waals surface area contributed by atoms with Gasteiger partial charge in [0.25, 0.3) is 0 Å². The summed E-state index contributed by atoms with van der Waals surface area (Å²) in [5.41, 5.74) is 0.967. The maximum atomic E-state index is 12.9. The molecule has 0 saturated carbocycles. The lowest BCUT2D eigenvalue weighted by Crippen LogP contribution is -2.39. The predicted molar refractivity (Wildman–Crippen MR) is 108 cm³/mol. The highest BCUT2D eigenvalue weighted by Gasteiger charge is 2.30. The summed E-state index contributed by atoms with van der Waals surface area (Å²) in [5, 5.41) is 3.94. The Morgan fingerprint density at radius 2 is 1.87 bits per heavy atom. The number of aromatic nitrogens is 2. The van der Waals surface area contributed by atoms with Crippen LogP contribution in [0.3, 0.4) is 0 Å². The third-order valence-electron chi connectivity index (χ3n) is 5.28. The Morgan fingerprint density at radius 1 is 1.06 bits per heavy atom. The lowest BCUT2D eigenvalue weighted by Gasteiger charge is -2.31. The molecule has 0 amide bonds. The first-order chi connectivity index (χ1) is 15.0. The van der Waals surface area contributed by atoms with Crippen molar-refractivity contribution in [1.29, 1.82) is 0 Å². The van der Waals surface area contributed by atoms with E-state index >= 15 is 0 Å². The van der Waals surface area contributed by atoms with Crippen molar-refractivity contribution >= 4 is 0 Å². The van der Waals surface area contributed by atoms with Crippen LogP contribution in [-0.4, -0.2) is 34.2 Å². The van der Waals surface area contributed by atoms with E-state index in [1.807, 2.05) is 30.3 Å². The number of hydrogen-bond acceptors (Lipinski definition) is 5. The minimum atomic E-state index is -4.37. The fourth-order valence-electron chi connectivity index (χ4n) is 3.74. The molecule has 1 saturated heterocycles. The zero-order valence-corrected chi connectivity index (χ0v) is 17.0. The molecular formula is C23H24F3N3O2. The molecule has 1 aliphatic rings. The van der Waals surface area contributed by atoms with E-state index in [9.17, 15) is 13.2 Å². The molecule has 0 bridgehead atoms. The number of piperidine rings is 1. The molecule has 31 heavy (non-hydrogen) atoms. The van der Waals surface area contributed by atoms with Crippen molar-refractivity contribution in [1.82, 2.24) is 15.0 Å². The average Bonchev–Trinajstić information content (AvgIpc) is 3.19. The van der Waals surface area contributed by atoms with Crippen LogP contribution in [0.5, 0.6) is 0 Å². The summed E-state index contributed by atoms with van der Waals surface area (Å²) in [6, 6.07) is 15.3. The van der Waals surface area contributed by atoms with Crippen molar-refractivity contribution in [2.24, 2.45) is 0 Å². The van der Waals surface area contributed by atoms with Crippen LogP contribution >= 0.6 is 0 Å². The summed E-state index contributed by atoms with van der Waals surface area (Å²) in [7, 11) is 0. The molecule has 0 N–H and O–H groups in total. The van der Waals surface area contributed by atoms with Crippen molar-refractivity contribution < 1.29 is 22.4 Å². The Hall–Kier alpha value is -2.71. The van der Waals surface area contributed by atoms with Crippen LogP contribution in [0.2, 0.25) is 0 Å². The van der Waals surface area contributed by atoms with Gasteiger partial charge in [0.1, 0.15) is 0 Å². The molecule has 0 radical (unpaired) electrons. The van der Waals surface area contributed by atoms with Gasteiger partial charge < -0.3 is 9.26 Å². The Labute approximate surface area is 178 Å². The number of likely N-dealkylation sites (tertiary alicyclic amines) is 1. The fourth-order valence-corrected chi connectivity index (χ4v) is 3.74. The molecule has 164 valence electrons. The van der Waals surface area contributed by atoms with Crippen LogP contribution < -0.4 is 0 Å². The van der Waals surface area contributed by atoms with E-state index in [0.717, 1.165) is 43.6 Å². The SMILES string of the molecule is FC(F)(F)c1cccc(Cc2noc(CN3CCC[C@@H](OCc4ccccc4)C3)n2)c1. The second kappa shape index (κ2) is 9.62. The molecule has 0 unspecified atom stereocenters. The van der Waals surface area contributed by atoms with Crippen LogP contribution in [0.1, 0.15) is 41.2 Å². The number of alkyl halides is 3. The summed E-state index contributed by atoms with van der Waals surface area (Å²) >= 11 is 0. The van der Waals surface area contributed by atoms with E-state index in [1.165, 1.54) is 6.07 Å². The molecule has 5 nitrogen and oxygen atoms in total. The van der Waals surface area contributed by atoms with Gasteiger partial charge >= 0.3 is 6.18 Å². The summed E-state index contributed by atoms with van der Waals surface area (Å²) in [4.78, 5) is 6.58. The van der Waals surface area contributed by atoms with E-state index in [4.69, 9.17) is 9.26 Å². The van der Waals surface area contributed by atoms with Gasteiger partial charge in [-0.1, -0.05) is 53.7 Å². The Balaban J connectivity index is 1.30. The normalized spacial score (nSPS) is 17.7. The highest BCUT2D eigenvalue weighted by Crippen LogP contribution is 2.29. The topological polar surface area (TPSA) is 51.4 Å². The van der Waals surface area contributed by atoms with Gasteiger partial charge in [-0.25, -0.2) is 0 Å². The minimum absolute atomic E-state index is 0.140. The lowest BCUT2D eigenvalue weighted by molar-refractivity contribution is -0.137. The van der Waals surface area contributed by atoms with Gasteiger partial charge in [0.05, 0.1) is 24.8 Å². The molecular weight excluding hydrogens is 407 g/mol. The monoisotopic (exact) mass is 431 g/mol. The van der Waals surface area contributed by atoms with Gasteiger partial charge in [-0.2, -0.15) is 18.2 Å². The molecule has 8 heteroatoms. The van der Waals surface area contributed by atoms with Crippen LogP contribution in [0.25, 0.3) is 0 Å². The van der Waals surface area contributed by atoms with Crippen LogP contribution in [0, 0.1) is 0 Å². The zero-order valence-electron chi connectivity index (χ0n) is 17.0. The molecule has 0 aliphatic carbocycles. The van der Waals surface area contributed by atoms with E-state index in [1.54, 1.807) is 6.07 Å². The Morgan fingerprint density at radius 3 is 2.68 bits per heavy atom. The summed E-state index contributed by atoms with van der Waals surface area (Å²) < 4.78 is 50.1. The van der Waals surface area contributed by atoms with Gasteiger partial charge in [-0.15, -0.1) is 0 Å². The molecule has 0 spiro atoms. The quantitative estimate of drug-likeness (QED) is 0.535. The van der Waals surface area contributed by atoms with Gasteiger partial charge in [0, 0.05) is 13.0 Å². The smallest absolute Gasteiger partial charge is 0.372 e. The molecule has 1 atom stereocenters. The average molecular weight is 431 g/mol.